The first kappa shape index (κ1) is 34.9. The van der Waals surface area contributed by atoms with E-state index in [0.29, 0.717) is 33.1 Å². The molecule has 3 aliphatic rings. The van der Waals surface area contributed by atoms with Gasteiger partial charge in [-0.1, -0.05) is 94.1 Å². The van der Waals surface area contributed by atoms with E-state index in [4.69, 9.17) is 28.2 Å². The molecule has 0 aromatic heterocycles. The van der Waals surface area contributed by atoms with Crippen molar-refractivity contribution in [1.29, 1.82) is 0 Å². The van der Waals surface area contributed by atoms with Gasteiger partial charge < -0.3 is 10.2 Å². The molecule has 2 aliphatic heterocycles. The molecule has 9 nitrogen and oxygen atoms in total. The molecule has 49 heavy (non-hydrogen) atoms. The molecule has 1 saturated carbocycles. The highest BCUT2D eigenvalue weighted by molar-refractivity contribution is 6.47. The Morgan fingerprint density at radius 1 is 1.00 bits per heavy atom. The first-order valence-electron chi connectivity index (χ1n) is 17.2. The van der Waals surface area contributed by atoms with Gasteiger partial charge in [0, 0.05) is 21.2 Å². The number of hydrazone groups is 1. The summed E-state index contributed by atoms with van der Waals surface area (Å²) in [6, 6.07) is 20.9. The van der Waals surface area contributed by atoms with Crippen LogP contribution in [0.15, 0.2) is 76.8 Å². The van der Waals surface area contributed by atoms with Crippen molar-refractivity contribution < 1.29 is 9.59 Å². The fourth-order valence-corrected chi connectivity index (χ4v) is 7.90. The van der Waals surface area contributed by atoms with Crippen LogP contribution in [0.5, 0.6) is 0 Å². The van der Waals surface area contributed by atoms with Crippen LogP contribution in [0, 0.1) is 11.3 Å². The lowest BCUT2D eigenvalue weighted by atomic mass is 9.69. The van der Waals surface area contributed by atoms with Gasteiger partial charge in [0.25, 0.3) is 11.8 Å². The average Bonchev–Trinajstić information content (AvgIpc) is 3.70. The van der Waals surface area contributed by atoms with Crippen molar-refractivity contribution in [2.24, 2.45) is 21.4 Å². The quantitative estimate of drug-likeness (QED) is 0.172. The summed E-state index contributed by atoms with van der Waals surface area (Å²) in [4.78, 5) is 35.3. The summed E-state index contributed by atoms with van der Waals surface area (Å²) >= 11 is 12.7. The maximum atomic E-state index is 14.8. The third kappa shape index (κ3) is 7.64. The van der Waals surface area contributed by atoms with Gasteiger partial charge in [-0.05, 0) is 96.5 Å². The van der Waals surface area contributed by atoms with E-state index >= 15 is 0 Å². The molecule has 4 N–H and O–H groups in total. The van der Waals surface area contributed by atoms with Crippen molar-refractivity contribution in [1.82, 2.24) is 26.7 Å². The largest absolute Gasteiger partial charge is 0.345 e. The number of rotatable bonds is 10. The molecule has 0 bridgehead atoms. The highest BCUT2D eigenvalue weighted by Gasteiger charge is 2.52. The number of unbranched alkanes of at least 4 members (excludes halogenated alkanes) is 1. The fourth-order valence-electron chi connectivity index (χ4n) is 7.37. The normalized spacial score (nSPS) is 21.2. The summed E-state index contributed by atoms with van der Waals surface area (Å²) < 4.78 is 0. The number of hydrazine groups is 2. The Morgan fingerprint density at radius 3 is 2.33 bits per heavy atom. The van der Waals surface area contributed by atoms with Crippen LogP contribution in [0.1, 0.15) is 100 Å². The monoisotopic (exact) mass is 701 g/mol. The molecule has 258 valence electrons. The van der Waals surface area contributed by atoms with Crippen molar-refractivity contribution in [3.05, 3.63) is 93.5 Å². The van der Waals surface area contributed by atoms with Crippen LogP contribution in [0.4, 0.5) is 0 Å². The second-order valence-corrected chi connectivity index (χ2v) is 15.3. The van der Waals surface area contributed by atoms with Gasteiger partial charge in [-0.15, -0.1) is 10.6 Å². The summed E-state index contributed by atoms with van der Waals surface area (Å²) in [5, 5.41) is 8.00. The van der Waals surface area contributed by atoms with Crippen LogP contribution < -0.4 is 21.8 Å². The molecule has 1 spiro atoms. The number of halogens is 2. The maximum Gasteiger partial charge on any atom is 0.275 e. The number of amidine groups is 1. The van der Waals surface area contributed by atoms with E-state index in [2.05, 4.69) is 59.5 Å². The Hall–Kier alpha value is -3.92. The molecule has 11 heteroatoms. The SMILES string of the molecule is CCCC[C@H](c1ccc(C(=O)NCC2=NNNN2)cc1)N1C(=O)C(c2cccc(-c3cc(Cl)cc(Cl)c3)c2)=NC12CCC(C(C)(C)C)CC2. The summed E-state index contributed by atoms with van der Waals surface area (Å²) in [6.45, 7) is 9.35. The summed E-state index contributed by atoms with van der Waals surface area (Å²) in [5.74, 6) is 0.884. The summed E-state index contributed by atoms with van der Waals surface area (Å²) in [7, 11) is 0. The zero-order chi connectivity index (χ0) is 34.8. The van der Waals surface area contributed by atoms with Crippen molar-refractivity contribution >= 4 is 46.6 Å². The molecule has 2 heterocycles. The predicted octanol–water partition coefficient (Wildman–Crippen LogP) is 7.81. The van der Waals surface area contributed by atoms with E-state index in [1.165, 1.54) is 0 Å². The number of carbonyl (C=O) groups is 2. The lowest BCUT2D eigenvalue weighted by Gasteiger charge is -2.47. The number of aliphatic imine (C=N–C) groups is 1. The smallest absolute Gasteiger partial charge is 0.275 e. The topological polar surface area (TPSA) is 110 Å². The van der Waals surface area contributed by atoms with E-state index in [-0.39, 0.29) is 29.8 Å². The van der Waals surface area contributed by atoms with E-state index in [1.807, 2.05) is 60.7 Å². The van der Waals surface area contributed by atoms with Gasteiger partial charge in [-0.3, -0.25) is 20.0 Å². The number of carbonyl (C=O) groups excluding carboxylic acids is 2. The van der Waals surface area contributed by atoms with Gasteiger partial charge >= 0.3 is 0 Å². The maximum absolute atomic E-state index is 14.8. The van der Waals surface area contributed by atoms with Crippen molar-refractivity contribution in [3.63, 3.8) is 0 Å². The highest BCUT2D eigenvalue weighted by atomic mass is 35.5. The Bertz CT molecular complexity index is 1740. The van der Waals surface area contributed by atoms with Crippen LogP contribution >= 0.6 is 23.2 Å². The third-order valence-electron chi connectivity index (χ3n) is 10.1. The predicted molar refractivity (Wildman–Crippen MR) is 197 cm³/mol. The molecule has 1 atom stereocenters. The van der Waals surface area contributed by atoms with Crippen molar-refractivity contribution in [2.45, 2.75) is 84.3 Å². The minimum absolute atomic E-state index is 0.0505. The zero-order valence-electron chi connectivity index (χ0n) is 28.6. The van der Waals surface area contributed by atoms with Crippen LogP contribution in [0.3, 0.4) is 0 Å². The van der Waals surface area contributed by atoms with Crippen LogP contribution in [0.2, 0.25) is 10.0 Å². The van der Waals surface area contributed by atoms with Crippen LogP contribution in [-0.4, -0.2) is 40.5 Å². The standard InChI is InChI=1S/C38H45Cl2N7O2/c1-5-6-10-32(24-11-13-25(14-12-24)35(48)41-23-33-43-45-46-44-33)47-36(49)34(42-38(47)17-15-29(16-18-38)37(2,3)4)27-9-7-8-26(19-27)28-20-30(39)22-31(40)21-28/h7-9,11-14,19-22,29,32,45-46H,5-6,10,15-18,23H2,1-4H3,(H,41,48)(H,43,44)/t29?,32-,38?/m1/s1. The second-order valence-electron chi connectivity index (χ2n) is 14.4. The first-order chi connectivity index (χ1) is 23.5. The van der Waals surface area contributed by atoms with Gasteiger partial charge in [0.1, 0.15) is 11.4 Å². The Morgan fingerprint density at radius 2 is 1.69 bits per heavy atom. The molecule has 2 amide bonds. The molecule has 3 aromatic carbocycles. The molecule has 0 radical (unpaired) electrons. The number of amides is 2. The minimum Gasteiger partial charge on any atom is -0.345 e. The summed E-state index contributed by atoms with van der Waals surface area (Å²) in [6.07, 6.45) is 6.35. The molecule has 0 unspecified atom stereocenters. The molecule has 3 aromatic rings. The number of benzene rings is 3. The minimum atomic E-state index is -0.644. The number of nitrogens with one attached hydrogen (secondary N) is 4. The van der Waals surface area contributed by atoms with Gasteiger partial charge in [-0.2, -0.15) is 0 Å². The van der Waals surface area contributed by atoms with Crippen molar-refractivity contribution in [3.8, 4) is 11.1 Å². The van der Waals surface area contributed by atoms with Crippen LogP contribution in [-0.2, 0) is 4.79 Å². The van der Waals surface area contributed by atoms with Gasteiger partial charge in [-0.25, -0.2) is 5.53 Å². The van der Waals surface area contributed by atoms with Gasteiger partial charge in [0.2, 0.25) is 0 Å². The lowest BCUT2D eigenvalue weighted by Crippen LogP contribution is -2.51. The molecular weight excluding hydrogens is 657 g/mol. The second kappa shape index (κ2) is 14.5. The number of hydrogen-bond donors (Lipinski definition) is 4. The average molecular weight is 703 g/mol. The molecule has 6 rings (SSSR count). The fraction of sp³-hybridized carbons (Fsp3) is 0.421. The third-order valence-corrected chi connectivity index (χ3v) is 10.5. The number of nitrogens with zero attached hydrogens (tertiary/aromatic N) is 3. The molecule has 1 aliphatic carbocycles. The molecule has 0 saturated heterocycles. The highest BCUT2D eigenvalue weighted by Crippen LogP contribution is 2.50. The van der Waals surface area contributed by atoms with E-state index in [0.717, 1.165) is 67.2 Å². The van der Waals surface area contributed by atoms with Crippen LogP contribution in [0.25, 0.3) is 11.1 Å². The summed E-state index contributed by atoms with van der Waals surface area (Å²) in [5.41, 5.74) is 12.2. The Labute approximate surface area is 298 Å². The van der Waals surface area contributed by atoms with Gasteiger partial charge in [0.05, 0.1) is 12.6 Å². The van der Waals surface area contributed by atoms with Crippen molar-refractivity contribution in [2.75, 3.05) is 6.54 Å². The van der Waals surface area contributed by atoms with Gasteiger partial charge in [0.15, 0.2) is 5.84 Å². The molecule has 1 fully saturated rings. The number of hydrogen-bond acceptors (Lipinski definition) is 7. The Balaban J connectivity index is 1.34. The Kier molecular flexibility index (Phi) is 10.3. The van der Waals surface area contributed by atoms with E-state index in [1.54, 1.807) is 6.07 Å². The molecular formula is C38H45Cl2N7O2. The first-order valence-corrected chi connectivity index (χ1v) is 17.9. The van der Waals surface area contributed by atoms with E-state index < -0.39 is 5.66 Å². The van der Waals surface area contributed by atoms with E-state index in [9.17, 15) is 9.59 Å². The zero-order valence-corrected chi connectivity index (χ0v) is 30.1. The lowest BCUT2D eigenvalue weighted by molar-refractivity contribution is -0.133.